The zero-order valence-electron chi connectivity index (χ0n) is 13.7. The molecule has 0 aliphatic carbocycles. The van der Waals surface area contributed by atoms with Crippen LogP contribution in [0.1, 0.15) is 27.2 Å². The molecule has 0 aliphatic heterocycles. The molecular weight excluding hydrogens is 374 g/mol. The first-order valence-electron chi connectivity index (χ1n) is 7.82. The van der Waals surface area contributed by atoms with Crippen molar-refractivity contribution in [3.8, 4) is 11.3 Å². The van der Waals surface area contributed by atoms with Crippen molar-refractivity contribution in [3.05, 3.63) is 34.9 Å². The first kappa shape index (κ1) is 18.1. The number of rotatable bonds is 7. The number of carbonyl (C=O) groups is 1. The van der Waals surface area contributed by atoms with Crippen LogP contribution in [0.4, 0.5) is 0 Å². The normalized spacial score (nSPS) is 12.2. The van der Waals surface area contributed by atoms with Gasteiger partial charge >= 0.3 is 0 Å². The fraction of sp³-hybridized carbons (Fsp3) is 0.412. The standard InChI is InChI=1S/C17H22BrN3OS/c1-4-10-19-16(22)12(3)23-17-20-11-15(21(17)5-2)13-6-8-14(18)9-7-13/h6-9,11-12H,4-5,10H2,1-3H3,(H,19,22). The lowest BCUT2D eigenvalue weighted by molar-refractivity contribution is -0.120. The Bertz CT molecular complexity index is 654. The molecule has 23 heavy (non-hydrogen) atoms. The molecule has 0 bridgehead atoms. The highest BCUT2D eigenvalue weighted by Crippen LogP contribution is 2.29. The molecule has 1 heterocycles. The number of benzene rings is 1. The van der Waals surface area contributed by atoms with Crippen LogP contribution < -0.4 is 5.32 Å². The molecule has 2 rings (SSSR count). The van der Waals surface area contributed by atoms with E-state index in [1.807, 2.05) is 32.2 Å². The van der Waals surface area contributed by atoms with E-state index in [0.29, 0.717) is 0 Å². The maximum atomic E-state index is 12.0. The Morgan fingerprint density at radius 2 is 2.04 bits per heavy atom. The van der Waals surface area contributed by atoms with E-state index < -0.39 is 0 Å². The van der Waals surface area contributed by atoms with Gasteiger partial charge in [-0.15, -0.1) is 0 Å². The van der Waals surface area contributed by atoms with Crippen LogP contribution >= 0.6 is 27.7 Å². The molecule has 0 radical (unpaired) electrons. The van der Waals surface area contributed by atoms with E-state index in [1.165, 1.54) is 11.8 Å². The molecule has 0 spiro atoms. The van der Waals surface area contributed by atoms with Crippen molar-refractivity contribution in [2.45, 2.75) is 44.1 Å². The van der Waals surface area contributed by atoms with E-state index in [1.54, 1.807) is 0 Å². The van der Waals surface area contributed by atoms with Crippen LogP contribution in [0.3, 0.4) is 0 Å². The van der Waals surface area contributed by atoms with E-state index >= 15 is 0 Å². The Labute approximate surface area is 150 Å². The summed E-state index contributed by atoms with van der Waals surface area (Å²) < 4.78 is 3.21. The lowest BCUT2D eigenvalue weighted by Crippen LogP contribution is -2.31. The van der Waals surface area contributed by atoms with Crippen LogP contribution in [0.25, 0.3) is 11.3 Å². The molecule has 0 saturated carbocycles. The topological polar surface area (TPSA) is 46.9 Å². The van der Waals surface area contributed by atoms with Gasteiger partial charge in [0.2, 0.25) is 5.91 Å². The molecule has 0 saturated heterocycles. The number of nitrogens with one attached hydrogen (secondary N) is 1. The third kappa shape index (κ3) is 4.61. The molecule has 1 amide bonds. The molecule has 1 N–H and O–H groups in total. The van der Waals surface area contributed by atoms with Gasteiger partial charge in [-0.1, -0.05) is 46.7 Å². The summed E-state index contributed by atoms with van der Waals surface area (Å²) in [6, 6.07) is 8.18. The van der Waals surface area contributed by atoms with Crippen LogP contribution in [0.5, 0.6) is 0 Å². The lowest BCUT2D eigenvalue weighted by atomic mass is 10.2. The van der Waals surface area contributed by atoms with Gasteiger partial charge in [0.05, 0.1) is 17.1 Å². The Morgan fingerprint density at radius 3 is 2.65 bits per heavy atom. The fourth-order valence-electron chi connectivity index (χ4n) is 2.21. The number of halogens is 1. The number of imidazole rings is 1. The minimum atomic E-state index is -0.160. The van der Waals surface area contributed by atoms with Gasteiger partial charge in [-0.3, -0.25) is 4.79 Å². The minimum Gasteiger partial charge on any atom is -0.355 e. The maximum absolute atomic E-state index is 12.0. The number of hydrogen-bond donors (Lipinski definition) is 1. The SMILES string of the molecule is CCCNC(=O)C(C)Sc1ncc(-c2ccc(Br)cc2)n1CC. The highest BCUT2D eigenvalue weighted by Gasteiger charge is 2.18. The van der Waals surface area contributed by atoms with Crippen LogP contribution in [0.2, 0.25) is 0 Å². The van der Waals surface area contributed by atoms with E-state index in [0.717, 1.165) is 40.4 Å². The number of nitrogens with zero attached hydrogens (tertiary/aromatic N) is 2. The van der Waals surface area contributed by atoms with Crippen molar-refractivity contribution >= 4 is 33.6 Å². The van der Waals surface area contributed by atoms with Gasteiger partial charge in [0.1, 0.15) is 0 Å². The molecule has 2 aromatic rings. The summed E-state index contributed by atoms with van der Waals surface area (Å²) in [5.74, 6) is 0.0627. The average Bonchev–Trinajstić information content (AvgIpc) is 2.95. The first-order chi connectivity index (χ1) is 11.1. The minimum absolute atomic E-state index is 0.0627. The van der Waals surface area contributed by atoms with Gasteiger partial charge < -0.3 is 9.88 Å². The average molecular weight is 396 g/mol. The number of amides is 1. The Balaban J connectivity index is 2.17. The van der Waals surface area contributed by atoms with Crippen LogP contribution in [-0.2, 0) is 11.3 Å². The number of aromatic nitrogens is 2. The predicted molar refractivity (Wildman–Crippen MR) is 99.7 cm³/mol. The van der Waals surface area contributed by atoms with E-state index in [-0.39, 0.29) is 11.2 Å². The third-order valence-corrected chi connectivity index (χ3v) is 5.11. The van der Waals surface area contributed by atoms with Gasteiger partial charge in [0.15, 0.2) is 5.16 Å². The second kappa shape index (κ2) is 8.55. The zero-order chi connectivity index (χ0) is 16.8. The predicted octanol–water partition coefficient (Wildman–Crippen LogP) is 4.34. The summed E-state index contributed by atoms with van der Waals surface area (Å²) in [5.41, 5.74) is 2.20. The molecule has 1 unspecified atom stereocenters. The molecule has 1 aromatic heterocycles. The van der Waals surface area contributed by atoms with Crippen LogP contribution in [0, 0.1) is 0 Å². The third-order valence-electron chi connectivity index (χ3n) is 3.48. The Hall–Kier alpha value is -1.27. The zero-order valence-corrected chi connectivity index (χ0v) is 16.1. The Morgan fingerprint density at radius 1 is 1.35 bits per heavy atom. The molecule has 6 heteroatoms. The van der Waals surface area contributed by atoms with Crippen LogP contribution in [0.15, 0.2) is 40.1 Å². The van der Waals surface area contributed by atoms with Crippen molar-refractivity contribution < 1.29 is 4.79 Å². The maximum Gasteiger partial charge on any atom is 0.233 e. The number of hydrogen-bond acceptors (Lipinski definition) is 3. The summed E-state index contributed by atoms with van der Waals surface area (Å²) >= 11 is 4.96. The summed E-state index contributed by atoms with van der Waals surface area (Å²) in [5, 5.41) is 3.65. The summed E-state index contributed by atoms with van der Waals surface area (Å²) in [7, 11) is 0. The molecular formula is C17H22BrN3OS. The Kier molecular flexibility index (Phi) is 6.72. The first-order valence-corrected chi connectivity index (χ1v) is 9.49. The highest BCUT2D eigenvalue weighted by molar-refractivity contribution is 9.10. The molecule has 124 valence electrons. The quantitative estimate of drug-likeness (QED) is 0.709. The van der Waals surface area contributed by atoms with Gasteiger partial charge in [-0.25, -0.2) is 4.98 Å². The summed E-state index contributed by atoms with van der Waals surface area (Å²) in [6.45, 7) is 7.60. The molecule has 0 aliphatic rings. The van der Waals surface area contributed by atoms with E-state index in [9.17, 15) is 4.79 Å². The van der Waals surface area contributed by atoms with Crippen molar-refractivity contribution in [1.82, 2.24) is 14.9 Å². The summed E-state index contributed by atoms with van der Waals surface area (Å²) in [6.07, 6.45) is 2.83. The van der Waals surface area contributed by atoms with Gasteiger partial charge in [0, 0.05) is 17.6 Å². The van der Waals surface area contributed by atoms with Crippen molar-refractivity contribution in [1.29, 1.82) is 0 Å². The lowest BCUT2D eigenvalue weighted by Gasteiger charge is -2.13. The largest absolute Gasteiger partial charge is 0.355 e. The number of carbonyl (C=O) groups excluding carboxylic acids is 1. The molecule has 1 atom stereocenters. The number of thioether (sulfide) groups is 1. The highest BCUT2D eigenvalue weighted by atomic mass is 79.9. The van der Waals surface area contributed by atoms with Gasteiger partial charge in [-0.2, -0.15) is 0 Å². The van der Waals surface area contributed by atoms with Crippen molar-refractivity contribution in [3.63, 3.8) is 0 Å². The monoisotopic (exact) mass is 395 g/mol. The summed E-state index contributed by atoms with van der Waals surface area (Å²) in [4.78, 5) is 16.6. The van der Waals surface area contributed by atoms with Crippen LogP contribution in [-0.4, -0.2) is 27.3 Å². The fourth-order valence-corrected chi connectivity index (χ4v) is 3.45. The second-order valence-corrected chi connectivity index (χ2v) is 7.45. The smallest absolute Gasteiger partial charge is 0.233 e. The van der Waals surface area contributed by atoms with Gasteiger partial charge in [-0.05, 0) is 38.0 Å². The van der Waals surface area contributed by atoms with Crippen molar-refractivity contribution in [2.24, 2.45) is 0 Å². The second-order valence-electron chi connectivity index (χ2n) is 5.23. The molecule has 4 nitrogen and oxygen atoms in total. The van der Waals surface area contributed by atoms with E-state index in [4.69, 9.17) is 0 Å². The van der Waals surface area contributed by atoms with E-state index in [2.05, 4.69) is 49.9 Å². The molecule has 1 aromatic carbocycles. The van der Waals surface area contributed by atoms with Crippen molar-refractivity contribution in [2.75, 3.05) is 6.54 Å². The molecule has 0 fully saturated rings. The van der Waals surface area contributed by atoms with Gasteiger partial charge in [0.25, 0.3) is 0 Å².